The van der Waals surface area contributed by atoms with Gasteiger partial charge in [-0.05, 0) is 49.0 Å². The lowest BCUT2D eigenvalue weighted by molar-refractivity contribution is -0.384. The predicted octanol–water partition coefficient (Wildman–Crippen LogP) is 3.31. The minimum atomic E-state index is -0.437. The molecule has 2 aromatic carbocycles. The van der Waals surface area contributed by atoms with E-state index in [4.69, 9.17) is 12.2 Å². The molecule has 7 heteroatoms. The van der Waals surface area contributed by atoms with Gasteiger partial charge in [-0.15, -0.1) is 0 Å². The van der Waals surface area contributed by atoms with E-state index in [2.05, 4.69) is 15.8 Å². The molecule has 0 amide bonds. The molecular formula is C15H14N4O2S. The van der Waals surface area contributed by atoms with Gasteiger partial charge in [-0.3, -0.25) is 15.5 Å². The highest BCUT2D eigenvalue weighted by Crippen LogP contribution is 2.12. The predicted molar refractivity (Wildman–Crippen MR) is 91.1 cm³/mol. The van der Waals surface area contributed by atoms with E-state index in [0.717, 1.165) is 11.3 Å². The number of nitro groups is 1. The zero-order valence-corrected chi connectivity index (χ0v) is 12.6. The van der Waals surface area contributed by atoms with E-state index >= 15 is 0 Å². The lowest BCUT2D eigenvalue weighted by atomic mass is 10.1. The minimum Gasteiger partial charge on any atom is -0.331 e. The van der Waals surface area contributed by atoms with Crippen LogP contribution in [0.5, 0.6) is 0 Å². The summed E-state index contributed by atoms with van der Waals surface area (Å²) in [5, 5.41) is 18.1. The smallest absolute Gasteiger partial charge is 0.269 e. The van der Waals surface area contributed by atoms with Crippen molar-refractivity contribution in [3.05, 3.63) is 70.3 Å². The number of nitro benzene ring substituents is 1. The first-order valence-corrected chi connectivity index (χ1v) is 6.88. The van der Waals surface area contributed by atoms with E-state index in [0.29, 0.717) is 10.8 Å². The minimum absolute atomic E-state index is 0.0470. The van der Waals surface area contributed by atoms with Gasteiger partial charge in [0.05, 0.1) is 10.6 Å². The fourth-order valence-corrected chi connectivity index (χ4v) is 1.87. The largest absolute Gasteiger partial charge is 0.331 e. The number of hydrogen-bond donors (Lipinski definition) is 2. The Morgan fingerprint density at radius 3 is 2.36 bits per heavy atom. The van der Waals surface area contributed by atoms with Crippen LogP contribution in [-0.4, -0.2) is 15.7 Å². The molecule has 0 radical (unpaired) electrons. The topological polar surface area (TPSA) is 79.6 Å². The quantitative estimate of drug-likeness (QED) is 0.392. The summed E-state index contributed by atoms with van der Waals surface area (Å²) >= 11 is 5.14. The average molecular weight is 314 g/mol. The van der Waals surface area contributed by atoms with Crippen LogP contribution in [-0.2, 0) is 0 Å². The number of non-ortho nitro benzene ring substituents is 1. The zero-order chi connectivity index (χ0) is 15.9. The Morgan fingerprint density at radius 2 is 1.77 bits per heavy atom. The van der Waals surface area contributed by atoms with Crippen LogP contribution in [0.1, 0.15) is 12.5 Å². The number of thiocarbonyl (C=S) groups is 1. The van der Waals surface area contributed by atoms with Crippen molar-refractivity contribution in [3.63, 3.8) is 0 Å². The van der Waals surface area contributed by atoms with Gasteiger partial charge >= 0.3 is 0 Å². The Kier molecular flexibility index (Phi) is 5.16. The monoisotopic (exact) mass is 314 g/mol. The third-order valence-electron chi connectivity index (χ3n) is 2.85. The normalized spacial score (nSPS) is 10.9. The molecule has 2 rings (SSSR count). The van der Waals surface area contributed by atoms with E-state index in [9.17, 15) is 10.1 Å². The van der Waals surface area contributed by atoms with Crippen molar-refractivity contribution in [2.24, 2.45) is 5.10 Å². The highest BCUT2D eigenvalue weighted by Gasteiger charge is 2.05. The molecule has 2 N–H and O–H groups in total. The summed E-state index contributed by atoms with van der Waals surface area (Å²) in [4.78, 5) is 10.2. The third kappa shape index (κ3) is 4.35. The fourth-order valence-electron chi connectivity index (χ4n) is 1.70. The zero-order valence-electron chi connectivity index (χ0n) is 11.8. The van der Waals surface area contributed by atoms with E-state index in [1.807, 2.05) is 30.3 Å². The summed E-state index contributed by atoms with van der Waals surface area (Å²) in [5.41, 5.74) is 5.10. The van der Waals surface area contributed by atoms with Crippen LogP contribution in [0.2, 0.25) is 0 Å². The molecule has 0 saturated heterocycles. The number of rotatable bonds is 4. The van der Waals surface area contributed by atoms with Crippen LogP contribution < -0.4 is 10.7 Å². The third-order valence-corrected chi connectivity index (χ3v) is 3.05. The number of benzene rings is 2. The molecular weight excluding hydrogens is 300 g/mol. The lowest BCUT2D eigenvalue weighted by Crippen LogP contribution is -2.24. The summed E-state index contributed by atoms with van der Waals surface area (Å²) in [7, 11) is 0. The molecule has 0 aromatic heterocycles. The van der Waals surface area contributed by atoms with Crippen molar-refractivity contribution in [1.29, 1.82) is 0 Å². The first kappa shape index (κ1) is 15.6. The molecule has 2 aromatic rings. The fraction of sp³-hybridized carbons (Fsp3) is 0.0667. The van der Waals surface area contributed by atoms with Crippen molar-refractivity contribution < 1.29 is 4.92 Å². The van der Waals surface area contributed by atoms with Crippen LogP contribution in [0.25, 0.3) is 0 Å². The number of para-hydroxylation sites is 1. The van der Waals surface area contributed by atoms with Crippen LogP contribution in [0.15, 0.2) is 59.7 Å². The van der Waals surface area contributed by atoms with Crippen molar-refractivity contribution in [3.8, 4) is 0 Å². The van der Waals surface area contributed by atoms with Gasteiger partial charge in [0.25, 0.3) is 5.69 Å². The van der Waals surface area contributed by atoms with Gasteiger partial charge in [0.15, 0.2) is 5.11 Å². The summed E-state index contributed by atoms with van der Waals surface area (Å²) in [5.74, 6) is 0. The molecule has 0 spiro atoms. The highest BCUT2D eigenvalue weighted by molar-refractivity contribution is 7.80. The van der Waals surface area contributed by atoms with Gasteiger partial charge in [-0.1, -0.05) is 18.2 Å². The number of nitrogens with one attached hydrogen (secondary N) is 2. The first-order chi connectivity index (χ1) is 10.6. The summed E-state index contributed by atoms with van der Waals surface area (Å²) in [6, 6.07) is 15.7. The van der Waals surface area contributed by atoms with Gasteiger partial charge in [0.2, 0.25) is 0 Å². The van der Waals surface area contributed by atoms with Gasteiger partial charge in [-0.25, -0.2) is 0 Å². The molecule has 0 aliphatic rings. The Balaban J connectivity index is 1.97. The molecule has 0 saturated carbocycles. The highest BCUT2D eigenvalue weighted by atomic mass is 32.1. The van der Waals surface area contributed by atoms with E-state index in [1.165, 1.54) is 12.1 Å². The van der Waals surface area contributed by atoms with Crippen LogP contribution in [0, 0.1) is 10.1 Å². The number of nitrogens with zero attached hydrogens (tertiary/aromatic N) is 2. The summed E-state index contributed by atoms with van der Waals surface area (Å²) in [6.45, 7) is 1.79. The van der Waals surface area contributed by atoms with Gasteiger partial charge in [-0.2, -0.15) is 5.10 Å². The Morgan fingerprint density at radius 1 is 1.14 bits per heavy atom. The summed E-state index contributed by atoms with van der Waals surface area (Å²) < 4.78 is 0. The molecule has 22 heavy (non-hydrogen) atoms. The Labute approximate surface area is 133 Å². The van der Waals surface area contributed by atoms with E-state index in [1.54, 1.807) is 19.1 Å². The molecule has 0 atom stereocenters. The van der Waals surface area contributed by atoms with Gasteiger partial charge < -0.3 is 5.32 Å². The second-order valence-corrected chi connectivity index (χ2v) is 4.84. The lowest BCUT2D eigenvalue weighted by Gasteiger charge is -2.07. The Hall–Kier alpha value is -2.80. The second-order valence-electron chi connectivity index (χ2n) is 4.43. The van der Waals surface area contributed by atoms with Crippen molar-refractivity contribution in [2.45, 2.75) is 6.92 Å². The molecule has 6 nitrogen and oxygen atoms in total. The summed E-state index contributed by atoms with van der Waals surface area (Å²) in [6.07, 6.45) is 0. The average Bonchev–Trinajstić information content (AvgIpc) is 2.53. The van der Waals surface area contributed by atoms with E-state index < -0.39 is 4.92 Å². The van der Waals surface area contributed by atoms with Crippen molar-refractivity contribution >= 4 is 34.4 Å². The maximum absolute atomic E-state index is 10.6. The maximum atomic E-state index is 10.6. The number of anilines is 1. The van der Waals surface area contributed by atoms with Gasteiger partial charge in [0.1, 0.15) is 0 Å². The SMILES string of the molecule is C/C(=N\NC(=S)Nc1ccccc1)c1ccc([N+](=O)[O-])cc1. The molecule has 0 bridgehead atoms. The maximum Gasteiger partial charge on any atom is 0.269 e. The van der Waals surface area contributed by atoms with Crippen molar-refractivity contribution in [1.82, 2.24) is 5.43 Å². The first-order valence-electron chi connectivity index (χ1n) is 6.47. The number of hydrazone groups is 1. The van der Waals surface area contributed by atoms with Gasteiger partial charge in [0, 0.05) is 17.8 Å². The molecule has 0 aliphatic heterocycles. The second kappa shape index (κ2) is 7.28. The molecule has 112 valence electrons. The van der Waals surface area contributed by atoms with Crippen molar-refractivity contribution in [2.75, 3.05) is 5.32 Å². The molecule has 0 heterocycles. The Bertz CT molecular complexity index is 699. The standard InChI is InChI=1S/C15H14N4O2S/c1-11(12-7-9-14(10-8-12)19(20)21)17-18-15(22)16-13-5-3-2-4-6-13/h2-10H,1H3,(H2,16,18,22)/b17-11+. The van der Waals surface area contributed by atoms with Crippen LogP contribution >= 0.6 is 12.2 Å². The van der Waals surface area contributed by atoms with Crippen LogP contribution in [0.3, 0.4) is 0 Å². The van der Waals surface area contributed by atoms with E-state index in [-0.39, 0.29) is 5.69 Å². The number of hydrogen-bond acceptors (Lipinski definition) is 4. The molecule has 0 unspecified atom stereocenters. The van der Waals surface area contributed by atoms with Crippen LogP contribution in [0.4, 0.5) is 11.4 Å². The molecule has 0 fully saturated rings. The molecule has 0 aliphatic carbocycles.